The summed E-state index contributed by atoms with van der Waals surface area (Å²) in [5.41, 5.74) is 8.40. The van der Waals surface area contributed by atoms with E-state index in [0.29, 0.717) is 11.3 Å². The lowest BCUT2D eigenvalue weighted by atomic mass is 10.0. The molecule has 1 aromatic rings. The van der Waals surface area contributed by atoms with Crippen molar-refractivity contribution in [1.82, 2.24) is 9.80 Å². The molecular weight excluding hydrogens is 250 g/mol. The third-order valence-electron chi connectivity index (χ3n) is 4.07. The predicted octanol–water partition coefficient (Wildman–Crippen LogP) is 2.13. The third kappa shape index (κ3) is 2.96. The van der Waals surface area contributed by atoms with Crippen LogP contribution in [0.2, 0.25) is 0 Å². The Kier molecular flexibility index (Phi) is 4.04. The second kappa shape index (κ2) is 5.44. The fourth-order valence-corrected chi connectivity index (χ4v) is 2.62. The van der Waals surface area contributed by atoms with E-state index in [1.165, 1.54) is 0 Å². The average Bonchev–Trinajstić information content (AvgIpc) is 2.40. The molecular formula is C16H25N3O. The zero-order valence-corrected chi connectivity index (χ0v) is 12.9. The lowest BCUT2D eigenvalue weighted by Crippen LogP contribution is -2.54. The van der Waals surface area contributed by atoms with Gasteiger partial charge in [-0.15, -0.1) is 0 Å². The molecule has 110 valence electrons. The molecule has 2 N–H and O–H groups in total. The maximum absolute atomic E-state index is 12.6. The number of para-hydroxylation sites is 1. The highest BCUT2D eigenvalue weighted by Crippen LogP contribution is 2.21. The number of piperazine rings is 1. The molecule has 1 aliphatic heterocycles. The summed E-state index contributed by atoms with van der Waals surface area (Å²) < 4.78 is 0. The SMILES string of the molecule is Cc1cccc(C(=O)N2CCN(C(C)(C)C)CC2)c1N. The molecule has 1 heterocycles. The van der Waals surface area contributed by atoms with Crippen molar-refractivity contribution in [3.05, 3.63) is 29.3 Å². The summed E-state index contributed by atoms with van der Waals surface area (Å²) in [6.45, 7) is 11.9. The molecule has 0 bridgehead atoms. The summed E-state index contributed by atoms with van der Waals surface area (Å²) in [5.74, 6) is 0.0553. The van der Waals surface area contributed by atoms with E-state index in [4.69, 9.17) is 5.73 Å². The van der Waals surface area contributed by atoms with Gasteiger partial charge in [-0.05, 0) is 39.3 Å². The van der Waals surface area contributed by atoms with Gasteiger partial charge in [-0.3, -0.25) is 9.69 Å². The van der Waals surface area contributed by atoms with Crippen molar-refractivity contribution >= 4 is 11.6 Å². The number of carbonyl (C=O) groups is 1. The molecule has 4 heteroatoms. The largest absolute Gasteiger partial charge is 0.398 e. The summed E-state index contributed by atoms with van der Waals surface area (Å²) in [4.78, 5) is 16.9. The minimum atomic E-state index is 0.0553. The quantitative estimate of drug-likeness (QED) is 0.799. The van der Waals surface area contributed by atoms with E-state index >= 15 is 0 Å². The van der Waals surface area contributed by atoms with Gasteiger partial charge in [-0.2, -0.15) is 0 Å². The lowest BCUT2D eigenvalue weighted by molar-refractivity contribution is 0.0452. The number of benzene rings is 1. The molecule has 1 aliphatic rings. The number of nitrogens with zero attached hydrogens (tertiary/aromatic N) is 2. The van der Waals surface area contributed by atoms with Gasteiger partial charge in [0.2, 0.25) is 0 Å². The second-order valence-electron chi connectivity index (χ2n) is 6.49. The molecule has 0 unspecified atom stereocenters. The van der Waals surface area contributed by atoms with E-state index in [0.717, 1.165) is 31.7 Å². The molecule has 1 saturated heterocycles. The van der Waals surface area contributed by atoms with Crippen molar-refractivity contribution < 1.29 is 4.79 Å². The van der Waals surface area contributed by atoms with Crippen molar-refractivity contribution in [3.63, 3.8) is 0 Å². The minimum absolute atomic E-state index is 0.0553. The molecule has 0 aliphatic carbocycles. The van der Waals surface area contributed by atoms with Crippen molar-refractivity contribution in [2.75, 3.05) is 31.9 Å². The van der Waals surface area contributed by atoms with Gasteiger partial charge >= 0.3 is 0 Å². The summed E-state index contributed by atoms with van der Waals surface area (Å²) >= 11 is 0. The van der Waals surface area contributed by atoms with Gasteiger partial charge in [0.15, 0.2) is 0 Å². The second-order valence-corrected chi connectivity index (χ2v) is 6.49. The first kappa shape index (κ1) is 14.9. The Bertz CT molecular complexity index is 497. The zero-order valence-electron chi connectivity index (χ0n) is 12.9. The van der Waals surface area contributed by atoms with Gasteiger partial charge in [-0.1, -0.05) is 12.1 Å². The maximum atomic E-state index is 12.6. The molecule has 1 amide bonds. The van der Waals surface area contributed by atoms with E-state index in [1.54, 1.807) is 0 Å². The first-order chi connectivity index (χ1) is 9.30. The Hall–Kier alpha value is -1.55. The van der Waals surface area contributed by atoms with Gasteiger partial charge in [0.25, 0.3) is 5.91 Å². The Balaban J connectivity index is 2.07. The van der Waals surface area contributed by atoms with Gasteiger partial charge in [0.1, 0.15) is 0 Å². The number of nitrogen functional groups attached to an aromatic ring is 1. The van der Waals surface area contributed by atoms with Gasteiger partial charge in [-0.25, -0.2) is 0 Å². The van der Waals surface area contributed by atoms with Gasteiger partial charge < -0.3 is 10.6 Å². The molecule has 0 saturated carbocycles. The highest BCUT2D eigenvalue weighted by atomic mass is 16.2. The van der Waals surface area contributed by atoms with Crippen molar-refractivity contribution in [2.24, 2.45) is 0 Å². The first-order valence-electron chi connectivity index (χ1n) is 7.20. The smallest absolute Gasteiger partial charge is 0.256 e. The monoisotopic (exact) mass is 275 g/mol. The maximum Gasteiger partial charge on any atom is 0.256 e. The van der Waals surface area contributed by atoms with Crippen LogP contribution in [-0.2, 0) is 0 Å². The number of hydrogen-bond acceptors (Lipinski definition) is 3. The molecule has 1 fully saturated rings. The molecule has 1 aromatic carbocycles. The van der Waals surface area contributed by atoms with E-state index < -0.39 is 0 Å². The van der Waals surface area contributed by atoms with Crippen LogP contribution in [0.4, 0.5) is 5.69 Å². The van der Waals surface area contributed by atoms with E-state index in [1.807, 2.05) is 30.0 Å². The van der Waals surface area contributed by atoms with Gasteiger partial charge in [0.05, 0.1) is 5.56 Å². The summed E-state index contributed by atoms with van der Waals surface area (Å²) in [6.07, 6.45) is 0. The first-order valence-corrected chi connectivity index (χ1v) is 7.20. The Labute approximate surface area is 121 Å². The average molecular weight is 275 g/mol. The molecule has 0 radical (unpaired) electrons. The van der Waals surface area contributed by atoms with Crippen molar-refractivity contribution in [3.8, 4) is 0 Å². The molecule has 2 rings (SSSR count). The van der Waals surface area contributed by atoms with Crippen LogP contribution >= 0.6 is 0 Å². The Morgan fingerprint density at radius 1 is 1.15 bits per heavy atom. The highest BCUT2D eigenvalue weighted by molar-refractivity contribution is 5.99. The number of rotatable bonds is 1. The molecule has 20 heavy (non-hydrogen) atoms. The van der Waals surface area contributed by atoms with Gasteiger partial charge in [0, 0.05) is 37.4 Å². The zero-order chi connectivity index (χ0) is 14.9. The van der Waals surface area contributed by atoms with Crippen LogP contribution in [0.15, 0.2) is 18.2 Å². The molecule has 0 aromatic heterocycles. The van der Waals surface area contributed by atoms with E-state index in [-0.39, 0.29) is 11.4 Å². The van der Waals surface area contributed by atoms with Crippen LogP contribution in [0.1, 0.15) is 36.7 Å². The van der Waals surface area contributed by atoms with Crippen molar-refractivity contribution in [1.29, 1.82) is 0 Å². The standard InChI is InChI=1S/C16H25N3O/c1-12-6-5-7-13(14(12)17)15(20)18-8-10-19(11-9-18)16(2,3)4/h5-7H,8-11,17H2,1-4H3. The van der Waals surface area contributed by atoms with Crippen LogP contribution in [0.5, 0.6) is 0 Å². The van der Waals surface area contributed by atoms with Crippen molar-refractivity contribution in [2.45, 2.75) is 33.2 Å². The summed E-state index contributed by atoms with van der Waals surface area (Å²) in [6, 6.07) is 5.65. The minimum Gasteiger partial charge on any atom is -0.398 e. The van der Waals surface area contributed by atoms with Crippen LogP contribution in [0, 0.1) is 6.92 Å². The highest BCUT2D eigenvalue weighted by Gasteiger charge is 2.28. The van der Waals surface area contributed by atoms with E-state index in [2.05, 4.69) is 25.7 Å². The molecule has 0 atom stereocenters. The van der Waals surface area contributed by atoms with Crippen LogP contribution in [-0.4, -0.2) is 47.4 Å². The molecule has 0 spiro atoms. The number of anilines is 1. The topological polar surface area (TPSA) is 49.6 Å². The number of amides is 1. The predicted molar refractivity (Wildman–Crippen MR) is 82.8 cm³/mol. The van der Waals surface area contributed by atoms with E-state index in [9.17, 15) is 4.79 Å². The normalized spacial score (nSPS) is 17.3. The summed E-state index contributed by atoms with van der Waals surface area (Å²) in [5, 5.41) is 0. The Morgan fingerprint density at radius 2 is 1.75 bits per heavy atom. The summed E-state index contributed by atoms with van der Waals surface area (Å²) in [7, 11) is 0. The lowest BCUT2D eigenvalue weighted by Gasteiger charge is -2.42. The van der Waals surface area contributed by atoms with Crippen LogP contribution in [0.25, 0.3) is 0 Å². The fourth-order valence-electron chi connectivity index (χ4n) is 2.62. The van der Waals surface area contributed by atoms with Crippen LogP contribution in [0.3, 0.4) is 0 Å². The molecule has 4 nitrogen and oxygen atoms in total. The fraction of sp³-hybridized carbons (Fsp3) is 0.562. The third-order valence-corrected chi connectivity index (χ3v) is 4.07. The number of carbonyl (C=O) groups excluding carboxylic acids is 1. The number of aryl methyl sites for hydroxylation is 1. The number of hydrogen-bond donors (Lipinski definition) is 1. The number of nitrogens with two attached hydrogens (primary N) is 1. The Morgan fingerprint density at radius 3 is 2.30 bits per heavy atom. The van der Waals surface area contributed by atoms with Crippen LogP contribution < -0.4 is 5.73 Å².